The number of nitrogens with zero attached hydrogens (tertiary/aromatic N) is 5. The quantitative estimate of drug-likeness (QED) is 0.818. The van der Waals surface area contributed by atoms with Gasteiger partial charge in [0, 0.05) is 57.2 Å². The first-order valence-electron chi connectivity index (χ1n) is 9.65. The third-order valence-electron chi connectivity index (χ3n) is 5.35. The predicted molar refractivity (Wildman–Crippen MR) is 102 cm³/mol. The summed E-state index contributed by atoms with van der Waals surface area (Å²) in [6.45, 7) is 4.10. The highest BCUT2D eigenvalue weighted by Gasteiger charge is 2.28. The second-order valence-electron chi connectivity index (χ2n) is 7.11. The van der Waals surface area contributed by atoms with Crippen LogP contribution in [0.5, 0.6) is 0 Å². The first-order valence-corrected chi connectivity index (χ1v) is 9.65. The zero-order chi connectivity index (χ0) is 18.6. The Morgan fingerprint density at radius 2 is 1.41 bits per heavy atom. The fourth-order valence-electron chi connectivity index (χ4n) is 3.75. The van der Waals surface area contributed by atoms with Crippen molar-refractivity contribution in [3.63, 3.8) is 0 Å². The van der Waals surface area contributed by atoms with Crippen LogP contribution in [0.1, 0.15) is 29.6 Å². The number of aromatic nitrogens is 2. The van der Waals surface area contributed by atoms with Gasteiger partial charge >= 0.3 is 6.03 Å². The molecule has 0 radical (unpaired) electrons. The molecule has 2 aliphatic heterocycles. The summed E-state index contributed by atoms with van der Waals surface area (Å²) < 4.78 is 1.76. The molecule has 0 saturated carbocycles. The van der Waals surface area contributed by atoms with Gasteiger partial charge in [-0.25, -0.2) is 9.48 Å². The number of likely N-dealkylation sites (tertiary alicyclic amines) is 1. The van der Waals surface area contributed by atoms with Crippen LogP contribution in [0.3, 0.4) is 0 Å². The van der Waals surface area contributed by atoms with E-state index in [4.69, 9.17) is 0 Å². The minimum Gasteiger partial charge on any atom is -0.335 e. The Labute approximate surface area is 159 Å². The Morgan fingerprint density at radius 1 is 0.778 bits per heavy atom. The van der Waals surface area contributed by atoms with Crippen LogP contribution in [0.4, 0.5) is 4.79 Å². The van der Waals surface area contributed by atoms with Gasteiger partial charge in [-0.1, -0.05) is 0 Å². The third kappa shape index (κ3) is 3.82. The van der Waals surface area contributed by atoms with Crippen molar-refractivity contribution in [3.05, 3.63) is 48.3 Å². The first-order chi connectivity index (χ1) is 13.2. The number of carbonyl (C=O) groups is 2. The average Bonchev–Trinajstić information content (AvgIpc) is 3.28. The summed E-state index contributed by atoms with van der Waals surface area (Å²) in [5, 5.41) is 4.19. The predicted octanol–water partition coefficient (Wildman–Crippen LogP) is 2.24. The van der Waals surface area contributed by atoms with E-state index in [0.717, 1.165) is 31.6 Å². The van der Waals surface area contributed by atoms with Crippen molar-refractivity contribution in [1.82, 2.24) is 24.5 Å². The van der Waals surface area contributed by atoms with Gasteiger partial charge < -0.3 is 14.7 Å². The largest absolute Gasteiger partial charge is 0.335 e. The van der Waals surface area contributed by atoms with Crippen molar-refractivity contribution in [3.8, 4) is 5.69 Å². The van der Waals surface area contributed by atoms with E-state index in [1.165, 1.54) is 6.42 Å². The molecule has 1 aromatic heterocycles. The van der Waals surface area contributed by atoms with Crippen LogP contribution in [0.15, 0.2) is 42.7 Å². The van der Waals surface area contributed by atoms with Crippen LogP contribution in [-0.4, -0.2) is 75.7 Å². The molecule has 7 heteroatoms. The molecule has 142 valence electrons. The SMILES string of the molecule is O=C(c1ccc(-n2cccn2)cc1)N1CCN(C(=O)N2CCCCC2)CC1. The molecule has 2 fully saturated rings. The fourth-order valence-corrected chi connectivity index (χ4v) is 3.75. The Morgan fingerprint density at radius 3 is 2.04 bits per heavy atom. The first kappa shape index (κ1) is 17.6. The molecule has 0 aliphatic carbocycles. The van der Waals surface area contributed by atoms with E-state index < -0.39 is 0 Å². The van der Waals surface area contributed by atoms with E-state index in [9.17, 15) is 9.59 Å². The summed E-state index contributed by atoms with van der Waals surface area (Å²) in [7, 11) is 0. The highest BCUT2D eigenvalue weighted by Crippen LogP contribution is 2.15. The molecule has 3 amide bonds. The Bertz CT molecular complexity index is 773. The maximum Gasteiger partial charge on any atom is 0.320 e. The maximum absolute atomic E-state index is 12.8. The molecule has 0 atom stereocenters. The molecule has 0 spiro atoms. The Hall–Kier alpha value is -2.83. The lowest BCUT2D eigenvalue weighted by Crippen LogP contribution is -2.54. The number of urea groups is 1. The summed E-state index contributed by atoms with van der Waals surface area (Å²) in [4.78, 5) is 31.0. The fraction of sp³-hybridized carbons (Fsp3) is 0.450. The maximum atomic E-state index is 12.8. The molecule has 2 saturated heterocycles. The van der Waals surface area contributed by atoms with Crippen molar-refractivity contribution in [2.45, 2.75) is 19.3 Å². The topological polar surface area (TPSA) is 61.7 Å². The molecule has 2 aliphatic rings. The molecule has 27 heavy (non-hydrogen) atoms. The molecule has 0 bridgehead atoms. The van der Waals surface area contributed by atoms with Gasteiger partial charge in [0.25, 0.3) is 5.91 Å². The monoisotopic (exact) mass is 367 g/mol. The zero-order valence-electron chi connectivity index (χ0n) is 15.5. The van der Waals surface area contributed by atoms with E-state index in [1.807, 2.05) is 51.2 Å². The second kappa shape index (κ2) is 7.82. The van der Waals surface area contributed by atoms with Gasteiger partial charge in [-0.05, 0) is 49.6 Å². The van der Waals surface area contributed by atoms with Crippen LogP contribution in [0.25, 0.3) is 5.69 Å². The number of amides is 3. The minimum atomic E-state index is 0.0205. The molecule has 0 unspecified atom stereocenters. The van der Waals surface area contributed by atoms with Crippen LogP contribution in [0, 0.1) is 0 Å². The van der Waals surface area contributed by atoms with Crippen molar-refractivity contribution in [1.29, 1.82) is 0 Å². The van der Waals surface area contributed by atoms with Gasteiger partial charge in [-0.15, -0.1) is 0 Å². The van der Waals surface area contributed by atoms with Gasteiger partial charge in [0.05, 0.1) is 5.69 Å². The normalized spacial score (nSPS) is 17.9. The van der Waals surface area contributed by atoms with E-state index in [2.05, 4.69) is 5.10 Å². The Kier molecular flexibility index (Phi) is 5.09. The minimum absolute atomic E-state index is 0.0205. The van der Waals surface area contributed by atoms with E-state index in [-0.39, 0.29) is 11.9 Å². The number of piperazine rings is 1. The van der Waals surface area contributed by atoms with Crippen LogP contribution in [-0.2, 0) is 0 Å². The van der Waals surface area contributed by atoms with Gasteiger partial charge in [-0.3, -0.25) is 4.79 Å². The summed E-state index contributed by atoms with van der Waals surface area (Å²) >= 11 is 0. The highest BCUT2D eigenvalue weighted by molar-refractivity contribution is 5.94. The van der Waals surface area contributed by atoms with Gasteiger partial charge in [0.2, 0.25) is 0 Å². The van der Waals surface area contributed by atoms with Gasteiger partial charge in [0.15, 0.2) is 0 Å². The highest BCUT2D eigenvalue weighted by atomic mass is 16.2. The van der Waals surface area contributed by atoms with Crippen LogP contribution >= 0.6 is 0 Å². The number of hydrogen-bond acceptors (Lipinski definition) is 3. The van der Waals surface area contributed by atoms with Gasteiger partial charge in [0.1, 0.15) is 0 Å². The lowest BCUT2D eigenvalue weighted by molar-refractivity contribution is 0.0633. The standard InChI is InChI=1S/C20H25N5O2/c26-19(17-5-7-18(8-6-17)25-12-4-9-21-25)22-13-15-24(16-14-22)20(27)23-10-2-1-3-11-23/h4-9,12H,1-3,10-11,13-16H2. The molecular formula is C20H25N5O2. The average molecular weight is 367 g/mol. The van der Waals surface area contributed by atoms with E-state index in [0.29, 0.717) is 31.7 Å². The lowest BCUT2D eigenvalue weighted by Gasteiger charge is -2.38. The number of carbonyl (C=O) groups excluding carboxylic acids is 2. The molecule has 7 nitrogen and oxygen atoms in total. The zero-order valence-corrected chi connectivity index (χ0v) is 15.5. The summed E-state index contributed by atoms with van der Waals surface area (Å²) in [6, 6.07) is 9.47. The van der Waals surface area contributed by atoms with E-state index >= 15 is 0 Å². The smallest absolute Gasteiger partial charge is 0.320 e. The third-order valence-corrected chi connectivity index (χ3v) is 5.35. The molecule has 2 aromatic rings. The summed E-state index contributed by atoms with van der Waals surface area (Å²) in [5.74, 6) is 0.0205. The van der Waals surface area contributed by atoms with Crippen LogP contribution < -0.4 is 0 Å². The molecule has 3 heterocycles. The van der Waals surface area contributed by atoms with Crippen molar-refractivity contribution in [2.24, 2.45) is 0 Å². The van der Waals surface area contributed by atoms with Crippen molar-refractivity contribution in [2.75, 3.05) is 39.3 Å². The molecular weight excluding hydrogens is 342 g/mol. The van der Waals surface area contributed by atoms with E-state index in [1.54, 1.807) is 10.9 Å². The summed E-state index contributed by atoms with van der Waals surface area (Å²) in [6.07, 6.45) is 7.00. The molecule has 0 N–H and O–H groups in total. The van der Waals surface area contributed by atoms with Gasteiger partial charge in [-0.2, -0.15) is 5.10 Å². The molecule has 4 rings (SSSR count). The lowest BCUT2D eigenvalue weighted by atomic mass is 10.1. The number of rotatable bonds is 2. The van der Waals surface area contributed by atoms with Crippen LogP contribution in [0.2, 0.25) is 0 Å². The number of piperidine rings is 1. The van der Waals surface area contributed by atoms with Crippen molar-refractivity contribution >= 4 is 11.9 Å². The van der Waals surface area contributed by atoms with Crippen molar-refractivity contribution < 1.29 is 9.59 Å². The molecule has 1 aromatic carbocycles. The Balaban J connectivity index is 1.33. The number of benzene rings is 1. The summed E-state index contributed by atoms with van der Waals surface area (Å²) in [5.41, 5.74) is 1.59. The number of hydrogen-bond donors (Lipinski definition) is 0. The second-order valence-corrected chi connectivity index (χ2v) is 7.11.